The highest BCUT2D eigenvalue weighted by molar-refractivity contribution is 4.68. The maximum atomic E-state index is 5.83. The third-order valence-corrected chi connectivity index (χ3v) is 1.97. The van der Waals surface area contributed by atoms with Crippen LogP contribution in [0.5, 0.6) is 0 Å². The fourth-order valence-electron chi connectivity index (χ4n) is 1.15. The predicted molar refractivity (Wildman–Crippen MR) is 45.7 cm³/mol. The van der Waals surface area contributed by atoms with Crippen LogP contribution in [0.3, 0.4) is 0 Å². The number of rotatable bonds is 5. The first-order valence-corrected chi connectivity index (χ1v) is 4.18. The molecular weight excluding hydrogens is 124 g/mol. The molecule has 0 heterocycles. The Hall–Kier alpha value is -0.0800. The fourth-order valence-corrected chi connectivity index (χ4v) is 1.15. The van der Waals surface area contributed by atoms with E-state index in [4.69, 9.17) is 11.5 Å². The monoisotopic (exact) mass is 144 g/mol. The van der Waals surface area contributed by atoms with Gasteiger partial charge in [0.1, 0.15) is 0 Å². The molecule has 0 aliphatic heterocycles. The maximum Gasteiger partial charge on any atom is 0.00765 e. The second-order valence-electron chi connectivity index (χ2n) is 3.01. The Kier molecular flexibility index (Phi) is 5.64. The number of hydrogen-bond acceptors (Lipinski definition) is 2. The van der Waals surface area contributed by atoms with Crippen molar-refractivity contribution in [3.8, 4) is 0 Å². The zero-order valence-electron chi connectivity index (χ0n) is 7.14. The fraction of sp³-hybridized carbons (Fsp3) is 1.00. The molecule has 2 atom stereocenters. The molecular formula is C8H20N2. The molecule has 0 spiro atoms. The van der Waals surface area contributed by atoms with Crippen molar-refractivity contribution in [1.82, 2.24) is 0 Å². The summed E-state index contributed by atoms with van der Waals surface area (Å²) in [7, 11) is 0. The quantitative estimate of drug-likeness (QED) is 0.607. The Balaban J connectivity index is 3.38. The third kappa shape index (κ3) is 3.85. The van der Waals surface area contributed by atoms with Crippen molar-refractivity contribution in [3.05, 3.63) is 0 Å². The van der Waals surface area contributed by atoms with Gasteiger partial charge < -0.3 is 11.5 Å². The van der Waals surface area contributed by atoms with E-state index in [0.29, 0.717) is 12.0 Å². The minimum Gasteiger partial charge on any atom is -0.330 e. The summed E-state index contributed by atoms with van der Waals surface area (Å²) in [5.41, 5.74) is 11.2. The van der Waals surface area contributed by atoms with Crippen molar-refractivity contribution in [2.45, 2.75) is 39.2 Å². The lowest BCUT2D eigenvalue weighted by Gasteiger charge is -2.17. The van der Waals surface area contributed by atoms with Crippen LogP contribution in [-0.2, 0) is 0 Å². The topological polar surface area (TPSA) is 52.0 Å². The van der Waals surface area contributed by atoms with Crippen LogP contribution in [0.4, 0.5) is 0 Å². The van der Waals surface area contributed by atoms with Crippen LogP contribution in [0.25, 0.3) is 0 Å². The molecule has 0 aromatic heterocycles. The van der Waals surface area contributed by atoms with Crippen LogP contribution in [0.15, 0.2) is 0 Å². The van der Waals surface area contributed by atoms with Gasteiger partial charge in [-0.15, -0.1) is 0 Å². The molecule has 0 rings (SSSR count). The van der Waals surface area contributed by atoms with E-state index in [0.717, 1.165) is 13.0 Å². The normalized spacial score (nSPS) is 16.8. The largest absolute Gasteiger partial charge is 0.330 e. The molecule has 0 aromatic carbocycles. The average molecular weight is 144 g/mol. The zero-order valence-corrected chi connectivity index (χ0v) is 7.14. The second-order valence-corrected chi connectivity index (χ2v) is 3.01. The van der Waals surface area contributed by atoms with Crippen LogP contribution < -0.4 is 11.5 Å². The van der Waals surface area contributed by atoms with Gasteiger partial charge in [-0.3, -0.25) is 0 Å². The lowest BCUT2D eigenvalue weighted by Crippen LogP contribution is -2.30. The summed E-state index contributed by atoms with van der Waals surface area (Å²) in [6, 6.07) is 0.310. The lowest BCUT2D eigenvalue weighted by molar-refractivity contribution is 0.406. The SMILES string of the molecule is CCCC(C)C(N)CCN. The molecule has 2 nitrogen and oxygen atoms in total. The Labute approximate surface area is 64.0 Å². The number of hydrogen-bond donors (Lipinski definition) is 2. The molecule has 0 radical (unpaired) electrons. The Morgan fingerprint density at radius 3 is 2.30 bits per heavy atom. The van der Waals surface area contributed by atoms with Gasteiger partial charge in [0.2, 0.25) is 0 Å². The molecule has 10 heavy (non-hydrogen) atoms. The van der Waals surface area contributed by atoms with Crippen molar-refractivity contribution < 1.29 is 0 Å². The van der Waals surface area contributed by atoms with Gasteiger partial charge in [0.25, 0.3) is 0 Å². The Morgan fingerprint density at radius 2 is 1.90 bits per heavy atom. The highest BCUT2D eigenvalue weighted by Gasteiger charge is 2.09. The van der Waals surface area contributed by atoms with Gasteiger partial charge in [0, 0.05) is 6.04 Å². The highest BCUT2D eigenvalue weighted by Crippen LogP contribution is 2.10. The van der Waals surface area contributed by atoms with Gasteiger partial charge >= 0.3 is 0 Å². The lowest BCUT2D eigenvalue weighted by atomic mass is 9.95. The van der Waals surface area contributed by atoms with Gasteiger partial charge in [0.05, 0.1) is 0 Å². The third-order valence-electron chi connectivity index (χ3n) is 1.97. The molecule has 62 valence electrons. The molecule has 0 aliphatic carbocycles. The molecule has 2 unspecified atom stereocenters. The van der Waals surface area contributed by atoms with Crippen LogP contribution >= 0.6 is 0 Å². The van der Waals surface area contributed by atoms with Gasteiger partial charge in [-0.05, 0) is 25.3 Å². The Morgan fingerprint density at radius 1 is 1.30 bits per heavy atom. The minimum atomic E-state index is 0.310. The predicted octanol–water partition coefficient (Wildman–Crippen LogP) is 1.10. The van der Waals surface area contributed by atoms with Gasteiger partial charge in [-0.2, -0.15) is 0 Å². The van der Waals surface area contributed by atoms with E-state index >= 15 is 0 Å². The van der Waals surface area contributed by atoms with Crippen molar-refractivity contribution in [2.24, 2.45) is 17.4 Å². The molecule has 0 bridgehead atoms. The molecule has 0 aliphatic rings. The first-order valence-electron chi connectivity index (χ1n) is 4.18. The van der Waals surface area contributed by atoms with Crippen molar-refractivity contribution in [1.29, 1.82) is 0 Å². The van der Waals surface area contributed by atoms with Gasteiger partial charge in [-0.25, -0.2) is 0 Å². The second kappa shape index (κ2) is 5.69. The van der Waals surface area contributed by atoms with E-state index in [1.807, 2.05) is 0 Å². The van der Waals surface area contributed by atoms with Crippen LogP contribution in [0.2, 0.25) is 0 Å². The summed E-state index contributed by atoms with van der Waals surface area (Å²) in [5.74, 6) is 0.633. The minimum absolute atomic E-state index is 0.310. The van der Waals surface area contributed by atoms with Crippen molar-refractivity contribution in [2.75, 3.05) is 6.54 Å². The van der Waals surface area contributed by atoms with Crippen LogP contribution in [0.1, 0.15) is 33.1 Å². The highest BCUT2D eigenvalue weighted by atomic mass is 14.7. The van der Waals surface area contributed by atoms with Crippen LogP contribution in [-0.4, -0.2) is 12.6 Å². The van der Waals surface area contributed by atoms with Crippen molar-refractivity contribution >= 4 is 0 Å². The summed E-state index contributed by atoms with van der Waals surface area (Å²) in [6.45, 7) is 5.10. The molecule has 0 amide bonds. The summed E-state index contributed by atoms with van der Waals surface area (Å²) in [6.07, 6.45) is 3.40. The van der Waals surface area contributed by atoms with E-state index in [9.17, 15) is 0 Å². The smallest absolute Gasteiger partial charge is 0.00765 e. The molecule has 0 fully saturated rings. The van der Waals surface area contributed by atoms with E-state index in [-0.39, 0.29) is 0 Å². The summed E-state index contributed by atoms with van der Waals surface area (Å²) in [4.78, 5) is 0. The molecule has 4 N–H and O–H groups in total. The van der Waals surface area contributed by atoms with Crippen LogP contribution in [0, 0.1) is 5.92 Å². The molecule has 0 saturated heterocycles. The summed E-state index contributed by atoms with van der Waals surface area (Å²) in [5, 5.41) is 0. The first-order chi connectivity index (χ1) is 4.72. The number of nitrogens with two attached hydrogens (primary N) is 2. The molecule has 2 heteroatoms. The average Bonchev–Trinajstić information content (AvgIpc) is 1.89. The van der Waals surface area contributed by atoms with E-state index in [2.05, 4.69) is 13.8 Å². The van der Waals surface area contributed by atoms with Gasteiger partial charge in [-0.1, -0.05) is 20.3 Å². The van der Waals surface area contributed by atoms with Gasteiger partial charge in [0.15, 0.2) is 0 Å². The summed E-state index contributed by atoms with van der Waals surface area (Å²) < 4.78 is 0. The van der Waals surface area contributed by atoms with E-state index in [1.54, 1.807) is 0 Å². The van der Waals surface area contributed by atoms with E-state index in [1.165, 1.54) is 12.8 Å². The maximum absolute atomic E-state index is 5.83. The van der Waals surface area contributed by atoms with E-state index < -0.39 is 0 Å². The molecule has 0 aromatic rings. The Bertz CT molecular complexity index is 63.7. The summed E-state index contributed by atoms with van der Waals surface area (Å²) >= 11 is 0. The zero-order chi connectivity index (χ0) is 7.98. The standard InChI is InChI=1S/C8H20N2/c1-3-4-7(2)8(10)5-6-9/h7-8H,3-6,9-10H2,1-2H3. The first kappa shape index (κ1) is 9.92. The molecule has 0 saturated carbocycles. The van der Waals surface area contributed by atoms with Crippen molar-refractivity contribution in [3.63, 3.8) is 0 Å².